The van der Waals surface area contributed by atoms with E-state index in [4.69, 9.17) is 5.11 Å². The lowest BCUT2D eigenvalue weighted by Gasteiger charge is -2.02. The van der Waals surface area contributed by atoms with E-state index in [0.29, 0.717) is 12.2 Å². The first-order valence-corrected chi connectivity index (χ1v) is 6.44. The molecular weight excluding hydrogens is 264 g/mol. The highest BCUT2D eigenvalue weighted by Crippen LogP contribution is 2.16. The maximum Gasteiger partial charge on any atom is 0.328 e. The van der Waals surface area contributed by atoms with E-state index < -0.39 is 5.97 Å². The molecule has 0 aliphatic rings. The third-order valence-electron chi connectivity index (χ3n) is 2.43. The van der Waals surface area contributed by atoms with Gasteiger partial charge in [0.1, 0.15) is 0 Å². The minimum absolute atomic E-state index is 0.0940. The van der Waals surface area contributed by atoms with Gasteiger partial charge in [-0.2, -0.15) is 0 Å². The smallest absolute Gasteiger partial charge is 0.328 e. The van der Waals surface area contributed by atoms with E-state index in [2.05, 4.69) is 4.98 Å². The summed E-state index contributed by atoms with van der Waals surface area (Å²) >= 11 is 1.48. The first kappa shape index (κ1) is 13.2. The van der Waals surface area contributed by atoms with Crippen molar-refractivity contribution in [2.24, 2.45) is 0 Å². The lowest BCUT2D eigenvalue weighted by atomic mass is 10.3. The van der Waals surface area contributed by atoms with Crippen LogP contribution in [0.25, 0.3) is 6.08 Å². The van der Waals surface area contributed by atoms with Gasteiger partial charge in [0.25, 0.3) is 5.56 Å². The number of carboxylic acids is 1. The van der Waals surface area contributed by atoms with Crippen LogP contribution in [0.4, 0.5) is 0 Å². The van der Waals surface area contributed by atoms with E-state index in [-0.39, 0.29) is 5.56 Å². The number of aliphatic carboxylic acids is 1. The SMILES string of the molecule is Cc1cc(=O)n(Cc2cc(C=CC(=O)O)cs2)cn1. The molecule has 0 atom stereocenters. The second kappa shape index (κ2) is 5.62. The van der Waals surface area contributed by atoms with Crippen LogP contribution in [0.3, 0.4) is 0 Å². The summed E-state index contributed by atoms with van der Waals surface area (Å²) in [5, 5.41) is 10.4. The van der Waals surface area contributed by atoms with E-state index in [1.807, 2.05) is 11.4 Å². The number of carboxylic acid groups (broad SMARTS) is 1. The molecule has 2 aromatic heterocycles. The fraction of sp³-hybridized carbons (Fsp3) is 0.154. The standard InChI is InChI=1S/C13H12N2O3S/c1-9-4-12(16)15(8-14-9)6-11-5-10(7-19-11)2-3-13(17)18/h2-5,7-8H,6H2,1H3,(H,17,18). The third kappa shape index (κ3) is 3.62. The van der Waals surface area contributed by atoms with Crippen LogP contribution in [-0.4, -0.2) is 20.6 Å². The van der Waals surface area contributed by atoms with E-state index in [9.17, 15) is 9.59 Å². The Morgan fingerprint density at radius 1 is 1.53 bits per heavy atom. The van der Waals surface area contributed by atoms with Gasteiger partial charge in [-0.15, -0.1) is 11.3 Å². The van der Waals surface area contributed by atoms with Crippen LogP contribution >= 0.6 is 11.3 Å². The molecule has 0 amide bonds. The first-order valence-electron chi connectivity index (χ1n) is 5.56. The quantitative estimate of drug-likeness (QED) is 0.864. The first-order chi connectivity index (χ1) is 9.04. The lowest BCUT2D eigenvalue weighted by molar-refractivity contribution is -0.131. The highest BCUT2D eigenvalue weighted by atomic mass is 32.1. The largest absolute Gasteiger partial charge is 0.478 e. The molecule has 0 saturated heterocycles. The molecule has 0 unspecified atom stereocenters. The Morgan fingerprint density at radius 3 is 3.00 bits per heavy atom. The normalized spacial score (nSPS) is 11.0. The predicted molar refractivity (Wildman–Crippen MR) is 73.3 cm³/mol. The molecule has 6 heteroatoms. The predicted octanol–water partition coefficient (Wildman–Crippen LogP) is 1.76. The number of carbonyl (C=O) groups is 1. The highest BCUT2D eigenvalue weighted by Gasteiger charge is 2.02. The summed E-state index contributed by atoms with van der Waals surface area (Å²) in [6.07, 6.45) is 4.13. The molecule has 0 aliphatic carbocycles. The molecule has 2 rings (SSSR count). The Hall–Kier alpha value is -2.21. The zero-order valence-electron chi connectivity index (χ0n) is 10.2. The van der Waals surface area contributed by atoms with Crippen molar-refractivity contribution in [1.82, 2.24) is 9.55 Å². The molecule has 0 saturated carbocycles. The third-order valence-corrected chi connectivity index (χ3v) is 3.37. The highest BCUT2D eigenvalue weighted by molar-refractivity contribution is 7.10. The van der Waals surface area contributed by atoms with Gasteiger partial charge in [-0.3, -0.25) is 9.36 Å². The van der Waals surface area contributed by atoms with Crippen molar-refractivity contribution in [2.45, 2.75) is 13.5 Å². The number of hydrogen-bond acceptors (Lipinski definition) is 4. The van der Waals surface area contributed by atoms with E-state index in [1.165, 1.54) is 34.4 Å². The van der Waals surface area contributed by atoms with Crippen LogP contribution < -0.4 is 5.56 Å². The van der Waals surface area contributed by atoms with Crippen molar-refractivity contribution in [3.63, 3.8) is 0 Å². The van der Waals surface area contributed by atoms with Crippen molar-refractivity contribution in [3.8, 4) is 0 Å². The van der Waals surface area contributed by atoms with Crippen molar-refractivity contribution >= 4 is 23.4 Å². The monoisotopic (exact) mass is 276 g/mol. The molecule has 1 N–H and O–H groups in total. The van der Waals surface area contributed by atoms with E-state index in [0.717, 1.165) is 16.5 Å². The Labute approximate surface area is 113 Å². The van der Waals surface area contributed by atoms with Crippen molar-refractivity contribution in [1.29, 1.82) is 0 Å². The minimum atomic E-state index is -0.980. The maximum absolute atomic E-state index is 11.7. The van der Waals surface area contributed by atoms with Gasteiger partial charge in [0, 0.05) is 22.7 Å². The van der Waals surface area contributed by atoms with Crippen LogP contribution in [0.15, 0.2) is 34.7 Å². The minimum Gasteiger partial charge on any atom is -0.478 e. The van der Waals surface area contributed by atoms with Gasteiger partial charge >= 0.3 is 5.97 Å². The number of nitrogens with zero attached hydrogens (tertiary/aromatic N) is 2. The summed E-state index contributed by atoms with van der Waals surface area (Å²) in [6.45, 7) is 2.21. The molecule has 0 aromatic carbocycles. The molecule has 0 bridgehead atoms. The van der Waals surface area contributed by atoms with Crippen molar-refractivity contribution in [3.05, 3.63) is 56.4 Å². The van der Waals surface area contributed by atoms with Crippen LogP contribution in [-0.2, 0) is 11.3 Å². The van der Waals surface area contributed by atoms with Crippen LogP contribution in [0.5, 0.6) is 0 Å². The van der Waals surface area contributed by atoms with Crippen LogP contribution in [0.2, 0.25) is 0 Å². The topological polar surface area (TPSA) is 72.2 Å². The Bertz CT molecular complexity index is 685. The Kier molecular flexibility index (Phi) is 3.91. The second-order valence-corrected chi connectivity index (χ2v) is 5.01. The molecule has 2 aromatic rings. The van der Waals surface area contributed by atoms with Crippen LogP contribution in [0, 0.1) is 6.92 Å². The Morgan fingerprint density at radius 2 is 2.32 bits per heavy atom. The zero-order chi connectivity index (χ0) is 13.8. The zero-order valence-corrected chi connectivity index (χ0v) is 11.1. The molecule has 19 heavy (non-hydrogen) atoms. The average molecular weight is 276 g/mol. The molecule has 0 fully saturated rings. The summed E-state index contributed by atoms with van der Waals surface area (Å²) in [4.78, 5) is 27.2. The van der Waals surface area contributed by atoms with Gasteiger partial charge in [-0.05, 0) is 30.0 Å². The van der Waals surface area contributed by atoms with Gasteiger partial charge < -0.3 is 5.11 Å². The number of hydrogen-bond donors (Lipinski definition) is 1. The lowest BCUT2D eigenvalue weighted by Crippen LogP contribution is -2.20. The van der Waals surface area contributed by atoms with Gasteiger partial charge in [0.05, 0.1) is 12.9 Å². The fourth-order valence-corrected chi connectivity index (χ4v) is 2.39. The molecular formula is C13H12N2O3S. The molecule has 5 nitrogen and oxygen atoms in total. The summed E-state index contributed by atoms with van der Waals surface area (Å²) < 4.78 is 1.52. The molecule has 0 spiro atoms. The van der Waals surface area contributed by atoms with E-state index >= 15 is 0 Å². The van der Waals surface area contributed by atoms with Crippen molar-refractivity contribution < 1.29 is 9.90 Å². The number of thiophene rings is 1. The van der Waals surface area contributed by atoms with Gasteiger partial charge in [0.2, 0.25) is 0 Å². The summed E-state index contributed by atoms with van der Waals surface area (Å²) in [6, 6.07) is 3.34. The number of rotatable bonds is 4. The molecule has 0 radical (unpaired) electrons. The number of aryl methyl sites for hydroxylation is 1. The van der Waals surface area contributed by atoms with Crippen molar-refractivity contribution in [2.75, 3.05) is 0 Å². The molecule has 98 valence electrons. The summed E-state index contributed by atoms with van der Waals surface area (Å²) in [5.74, 6) is -0.980. The summed E-state index contributed by atoms with van der Waals surface area (Å²) in [5.41, 5.74) is 1.41. The van der Waals surface area contributed by atoms with Gasteiger partial charge in [0.15, 0.2) is 0 Å². The Balaban J connectivity index is 2.16. The number of aromatic nitrogens is 2. The van der Waals surface area contributed by atoms with Crippen LogP contribution in [0.1, 0.15) is 16.1 Å². The van der Waals surface area contributed by atoms with Gasteiger partial charge in [-0.1, -0.05) is 0 Å². The van der Waals surface area contributed by atoms with E-state index in [1.54, 1.807) is 6.92 Å². The van der Waals surface area contributed by atoms with Gasteiger partial charge in [-0.25, -0.2) is 9.78 Å². The molecule has 2 heterocycles. The second-order valence-electron chi connectivity index (χ2n) is 4.01. The average Bonchev–Trinajstić information content (AvgIpc) is 2.78. The summed E-state index contributed by atoms with van der Waals surface area (Å²) in [7, 11) is 0. The maximum atomic E-state index is 11.7. The molecule has 0 aliphatic heterocycles. The fourth-order valence-electron chi connectivity index (χ4n) is 1.54.